The average Bonchev–Trinajstić information content (AvgIpc) is 2.91. The van der Waals surface area contributed by atoms with E-state index in [0.717, 1.165) is 17.0 Å². The van der Waals surface area contributed by atoms with Crippen LogP contribution in [0.4, 0.5) is 20.2 Å². The van der Waals surface area contributed by atoms with Crippen LogP contribution in [0.3, 0.4) is 0 Å². The summed E-state index contributed by atoms with van der Waals surface area (Å²) in [5.74, 6) is -2.09. The molecule has 1 atom stereocenters. The predicted octanol–water partition coefficient (Wildman–Crippen LogP) is 2.73. The highest BCUT2D eigenvalue weighted by Crippen LogP contribution is 2.34. The number of halogens is 2. The molecule has 1 heterocycles. The molecule has 1 aliphatic rings. The fourth-order valence-electron chi connectivity index (χ4n) is 2.77. The number of nitrogens with zero attached hydrogens (tertiary/aromatic N) is 1. The van der Waals surface area contributed by atoms with Crippen molar-refractivity contribution < 1.29 is 27.8 Å². The van der Waals surface area contributed by atoms with E-state index in [9.17, 15) is 18.4 Å². The van der Waals surface area contributed by atoms with E-state index in [2.05, 4.69) is 5.32 Å². The third kappa shape index (κ3) is 3.17. The lowest BCUT2D eigenvalue weighted by Gasteiger charge is -2.18. The molecule has 0 bridgehead atoms. The fourth-order valence-corrected chi connectivity index (χ4v) is 2.77. The molecule has 1 N–H and O–H groups in total. The Hall–Kier alpha value is -3.16. The summed E-state index contributed by atoms with van der Waals surface area (Å²) in [7, 11) is 2.92. The minimum Gasteiger partial charge on any atom is -0.493 e. The maximum absolute atomic E-state index is 13.3. The van der Waals surface area contributed by atoms with E-state index >= 15 is 0 Å². The van der Waals surface area contributed by atoms with Crippen molar-refractivity contribution >= 4 is 23.2 Å². The van der Waals surface area contributed by atoms with Gasteiger partial charge in [-0.2, -0.15) is 0 Å². The zero-order valence-electron chi connectivity index (χ0n) is 14.1. The molecule has 0 unspecified atom stereocenters. The number of methoxy groups -OCH3 is 2. The van der Waals surface area contributed by atoms with Crippen LogP contribution in [0, 0.1) is 11.6 Å². The van der Waals surface area contributed by atoms with Gasteiger partial charge in [0.05, 0.1) is 26.3 Å². The van der Waals surface area contributed by atoms with Gasteiger partial charge in [0.1, 0.15) is 6.04 Å². The third-order valence-corrected chi connectivity index (χ3v) is 4.03. The molecule has 26 heavy (non-hydrogen) atoms. The number of hydrogen-bond acceptors (Lipinski definition) is 5. The zero-order chi connectivity index (χ0) is 18.8. The quantitative estimate of drug-likeness (QED) is 0.829. The van der Waals surface area contributed by atoms with Gasteiger partial charge in [0.2, 0.25) is 5.91 Å². The summed E-state index contributed by atoms with van der Waals surface area (Å²) < 4.78 is 36.7. The Bertz CT molecular complexity index is 872. The second-order valence-corrected chi connectivity index (χ2v) is 5.64. The SMILES string of the molecule is COc1ccc(N2C(=O)C[C@H](Nc3ccc(F)c(F)c3)C2=O)cc1OC. The van der Waals surface area contributed by atoms with Gasteiger partial charge in [0.15, 0.2) is 23.1 Å². The van der Waals surface area contributed by atoms with Gasteiger partial charge in [-0.25, -0.2) is 13.7 Å². The average molecular weight is 362 g/mol. The van der Waals surface area contributed by atoms with Crippen molar-refractivity contribution in [2.75, 3.05) is 24.4 Å². The Morgan fingerprint density at radius 1 is 1.00 bits per heavy atom. The number of benzene rings is 2. The van der Waals surface area contributed by atoms with Crippen LogP contribution < -0.4 is 19.7 Å². The molecule has 1 saturated heterocycles. The number of hydrogen-bond donors (Lipinski definition) is 1. The van der Waals surface area contributed by atoms with Gasteiger partial charge in [0, 0.05) is 17.8 Å². The Morgan fingerprint density at radius 2 is 1.73 bits per heavy atom. The van der Waals surface area contributed by atoms with Crippen molar-refractivity contribution in [1.82, 2.24) is 0 Å². The summed E-state index contributed by atoms with van der Waals surface area (Å²) in [6.07, 6.45) is -0.105. The highest BCUT2D eigenvalue weighted by molar-refractivity contribution is 6.23. The molecule has 1 aliphatic heterocycles. The van der Waals surface area contributed by atoms with Crippen LogP contribution in [0.1, 0.15) is 6.42 Å². The second kappa shape index (κ2) is 6.99. The molecular weight excluding hydrogens is 346 g/mol. The summed E-state index contributed by atoms with van der Waals surface area (Å²) >= 11 is 0. The summed E-state index contributed by atoms with van der Waals surface area (Å²) in [6.45, 7) is 0. The van der Waals surface area contributed by atoms with E-state index in [0.29, 0.717) is 17.2 Å². The Kier molecular flexibility index (Phi) is 4.75. The van der Waals surface area contributed by atoms with E-state index in [-0.39, 0.29) is 12.1 Å². The molecular formula is C18H16F2N2O4. The molecule has 2 aromatic carbocycles. The Morgan fingerprint density at radius 3 is 2.38 bits per heavy atom. The first kappa shape index (κ1) is 17.7. The maximum atomic E-state index is 13.3. The molecule has 0 spiro atoms. The van der Waals surface area contributed by atoms with Crippen molar-refractivity contribution in [2.24, 2.45) is 0 Å². The van der Waals surface area contributed by atoms with Crippen molar-refractivity contribution in [2.45, 2.75) is 12.5 Å². The first-order valence-corrected chi connectivity index (χ1v) is 7.75. The number of carbonyl (C=O) groups excluding carboxylic acids is 2. The third-order valence-electron chi connectivity index (χ3n) is 4.03. The van der Waals surface area contributed by atoms with Crippen LogP contribution in [0.5, 0.6) is 11.5 Å². The number of carbonyl (C=O) groups is 2. The van der Waals surface area contributed by atoms with Crippen LogP contribution in [-0.2, 0) is 9.59 Å². The maximum Gasteiger partial charge on any atom is 0.256 e. The van der Waals surface area contributed by atoms with Crippen molar-refractivity contribution in [1.29, 1.82) is 0 Å². The second-order valence-electron chi connectivity index (χ2n) is 5.64. The fraction of sp³-hybridized carbons (Fsp3) is 0.222. The van der Waals surface area contributed by atoms with E-state index in [1.165, 1.54) is 26.4 Å². The smallest absolute Gasteiger partial charge is 0.256 e. The lowest BCUT2D eigenvalue weighted by Crippen LogP contribution is -2.34. The molecule has 2 amide bonds. The van der Waals surface area contributed by atoms with Gasteiger partial charge < -0.3 is 14.8 Å². The number of rotatable bonds is 5. The largest absolute Gasteiger partial charge is 0.493 e. The molecule has 8 heteroatoms. The molecule has 136 valence electrons. The van der Waals surface area contributed by atoms with Crippen LogP contribution in [0.25, 0.3) is 0 Å². The van der Waals surface area contributed by atoms with Crippen LogP contribution in [0.2, 0.25) is 0 Å². The summed E-state index contributed by atoms with van der Waals surface area (Å²) in [4.78, 5) is 26.0. The number of nitrogens with one attached hydrogen (secondary N) is 1. The number of amides is 2. The normalized spacial score (nSPS) is 16.8. The highest BCUT2D eigenvalue weighted by atomic mass is 19.2. The number of anilines is 2. The van der Waals surface area contributed by atoms with Crippen molar-refractivity contribution in [3.05, 3.63) is 48.0 Å². The molecule has 0 aliphatic carbocycles. The Labute approximate surface area is 148 Å². The topological polar surface area (TPSA) is 67.9 Å². The van der Waals surface area contributed by atoms with Gasteiger partial charge in [-0.15, -0.1) is 0 Å². The lowest BCUT2D eigenvalue weighted by molar-refractivity contribution is -0.121. The molecule has 0 aromatic heterocycles. The molecule has 6 nitrogen and oxygen atoms in total. The first-order valence-electron chi connectivity index (χ1n) is 7.75. The van der Waals surface area contributed by atoms with Gasteiger partial charge in [-0.3, -0.25) is 9.59 Å². The number of ether oxygens (including phenoxy) is 2. The molecule has 2 aromatic rings. The van der Waals surface area contributed by atoms with Crippen LogP contribution in [-0.4, -0.2) is 32.1 Å². The zero-order valence-corrected chi connectivity index (χ0v) is 14.1. The predicted molar refractivity (Wildman–Crippen MR) is 90.4 cm³/mol. The standard InChI is InChI=1S/C18H16F2N2O4/c1-25-15-6-4-11(8-16(15)26-2)22-17(23)9-14(18(22)24)21-10-3-5-12(19)13(20)7-10/h3-8,14,21H,9H2,1-2H3/t14-/m0/s1. The van der Waals surface area contributed by atoms with Gasteiger partial charge >= 0.3 is 0 Å². The van der Waals surface area contributed by atoms with E-state index in [1.807, 2.05) is 0 Å². The minimum absolute atomic E-state index is 0.105. The van der Waals surface area contributed by atoms with Crippen molar-refractivity contribution in [3.63, 3.8) is 0 Å². The molecule has 1 fully saturated rings. The minimum atomic E-state index is -1.04. The molecule has 0 saturated carbocycles. The summed E-state index contributed by atoms with van der Waals surface area (Å²) in [6, 6.07) is 6.99. The van der Waals surface area contributed by atoms with E-state index < -0.39 is 29.5 Å². The first-order chi connectivity index (χ1) is 12.4. The van der Waals surface area contributed by atoms with Gasteiger partial charge in [-0.1, -0.05) is 0 Å². The van der Waals surface area contributed by atoms with Gasteiger partial charge in [-0.05, 0) is 24.3 Å². The van der Waals surface area contributed by atoms with Crippen LogP contribution >= 0.6 is 0 Å². The van der Waals surface area contributed by atoms with E-state index in [1.54, 1.807) is 12.1 Å². The monoisotopic (exact) mass is 362 g/mol. The highest BCUT2D eigenvalue weighted by Gasteiger charge is 2.40. The van der Waals surface area contributed by atoms with Crippen LogP contribution in [0.15, 0.2) is 36.4 Å². The number of imide groups is 1. The van der Waals surface area contributed by atoms with Gasteiger partial charge in [0.25, 0.3) is 5.91 Å². The summed E-state index contributed by atoms with van der Waals surface area (Å²) in [5.41, 5.74) is 0.552. The van der Waals surface area contributed by atoms with Crippen molar-refractivity contribution in [3.8, 4) is 11.5 Å². The molecule has 3 rings (SSSR count). The van der Waals surface area contributed by atoms with E-state index in [4.69, 9.17) is 9.47 Å². The summed E-state index contributed by atoms with van der Waals surface area (Å²) in [5, 5.41) is 2.77. The Balaban J connectivity index is 1.83. The molecule has 0 radical (unpaired) electrons. The lowest BCUT2D eigenvalue weighted by atomic mass is 10.2.